The van der Waals surface area contributed by atoms with E-state index >= 15 is 0 Å². The van der Waals surface area contributed by atoms with Crippen LogP contribution in [0.5, 0.6) is 5.75 Å². The first-order valence-electron chi connectivity index (χ1n) is 6.41. The Labute approximate surface area is 121 Å². The molecule has 110 valence electrons. The van der Waals surface area contributed by atoms with Crippen LogP contribution in [0.3, 0.4) is 0 Å². The van der Waals surface area contributed by atoms with Gasteiger partial charge in [-0.1, -0.05) is 12.1 Å². The monoisotopic (exact) mass is 291 g/mol. The van der Waals surface area contributed by atoms with E-state index in [1.807, 2.05) is 0 Å². The molecule has 1 unspecified atom stereocenters. The van der Waals surface area contributed by atoms with Crippen LogP contribution in [-0.2, 0) is 0 Å². The third-order valence-electron chi connectivity index (χ3n) is 3.11. The van der Waals surface area contributed by atoms with E-state index in [1.54, 1.807) is 31.2 Å². The minimum Gasteiger partial charge on any atom is -0.497 e. The van der Waals surface area contributed by atoms with Crippen LogP contribution < -0.4 is 10.1 Å². The van der Waals surface area contributed by atoms with Crippen molar-refractivity contribution in [2.24, 2.45) is 0 Å². The van der Waals surface area contributed by atoms with Crippen molar-refractivity contribution >= 4 is 5.91 Å². The fourth-order valence-electron chi connectivity index (χ4n) is 1.97. The first-order valence-corrected chi connectivity index (χ1v) is 6.41. The summed E-state index contributed by atoms with van der Waals surface area (Å²) in [5, 5.41) is 2.67. The average Bonchev–Trinajstić information content (AvgIpc) is 2.47. The molecule has 1 N–H and O–H groups in total. The summed E-state index contributed by atoms with van der Waals surface area (Å²) in [5.74, 6) is -1.13. The number of carbonyl (C=O) groups is 1. The van der Waals surface area contributed by atoms with Crippen molar-refractivity contribution in [3.63, 3.8) is 0 Å². The summed E-state index contributed by atoms with van der Waals surface area (Å²) in [6.45, 7) is 1.63. The minimum absolute atomic E-state index is 0.229. The summed E-state index contributed by atoms with van der Waals surface area (Å²) >= 11 is 0. The molecule has 2 aromatic rings. The largest absolute Gasteiger partial charge is 0.497 e. The summed E-state index contributed by atoms with van der Waals surface area (Å²) in [4.78, 5) is 12.1. The molecule has 1 atom stereocenters. The van der Waals surface area contributed by atoms with Crippen LogP contribution >= 0.6 is 0 Å². The number of hydrogen-bond acceptors (Lipinski definition) is 2. The van der Waals surface area contributed by atoms with Gasteiger partial charge >= 0.3 is 0 Å². The molecule has 0 aliphatic carbocycles. The van der Waals surface area contributed by atoms with Gasteiger partial charge in [0.1, 0.15) is 17.4 Å². The lowest BCUT2D eigenvalue weighted by Gasteiger charge is -2.15. The molecule has 5 heteroatoms. The van der Waals surface area contributed by atoms with Gasteiger partial charge in [0.05, 0.1) is 13.2 Å². The number of halogens is 2. The number of carbonyl (C=O) groups excluding carboxylic acids is 1. The maximum absolute atomic E-state index is 13.7. The van der Waals surface area contributed by atoms with Crippen molar-refractivity contribution in [2.45, 2.75) is 13.0 Å². The van der Waals surface area contributed by atoms with Crippen LogP contribution in [0.2, 0.25) is 0 Å². The predicted octanol–water partition coefficient (Wildman–Crippen LogP) is 3.46. The number of nitrogens with one attached hydrogen (secondary N) is 1. The summed E-state index contributed by atoms with van der Waals surface area (Å²) in [5.41, 5.74) is 0.636. The lowest BCUT2D eigenvalue weighted by molar-refractivity contribution is 0.0939. The Kier molecular flexibility index (Phi) is 4.52. The van der Waals surface area contributed by atoms with Gasteiger partial charge in [0.25, 0.3) is 5.91 Å². The van der Waals surface area contributed by atoms with Crippen molar-refractivity contribution in [1.29, 1.82) is 0 Å². The number of hydrogen-bond donors (Lipinski definition) is 1. The second-order valence-corrected chi connectivity index (χ2v) is 4.59. The third kappa shape index (κ3) is 3.56. The molecule has 0 saturated carbocycles. The zero-order valence-electron chi connectivity index (χ0n) is 11.7. The van der Waals surface area contributed by atoms with Crippen LogP contribution in [-0.4, -0.2) is 13.0 Å². The average molecular weight is 291 g/mol. The van der Waals surface area contributed by atoms with Crippen molar-refractivity contribution in [3.05, 3.63) is 65.2 Å². The van der Waals surface area contributed by atoms with Gasteiger partial charge in [0.2, 0.25) is 0 Å². The van der Waals surface area contributed by atoms with Gasteiger partial charge in [-0.05, 0) is 31.2 Å². The molecule has 0 aliphatic rings. The molecule has 1 amide bonds. The van der Waals surface area contributed by atoms with Gasteiger partial charge in [0, 0.05) is 17.2 Å². The van der Waals surface area contributed by atoms with Crippen LogP contribution in [0.25, 0.3) is 0 Å². The number of benzene rings is 2. The molecule has 0 aliphatic heterocycles. The van der Waals surface area contributed by atoms with Gasteiger partial charge in [-0.25, -0.2) is 8.78 Å². The van der Waals surface area contributed by atoms with Gasteiger partial charge in [-0.3, -0.25) is 4.79 Å². The highest BCUT2D eigenvalue weighted by Gasteiger charge is 2.15. The molecule has 3 nitrogen and oxygen atoms in total. The Bertz CT molecular complexity index is 658. The molecule has 0 heterocycles. The van der Waals surface area contributed by atoms with Crippen molar-refractivity contribution in [3.8, 4) is 5.75 Å². The summed E-state index contributed by atoms with van der Waals surface area (Å²) < 4.78 is 31.6. The van der Waals surface area contributed by atoms with E-state index in [4.69, 9.17) is 4.74 Å². The fourth-order valence-corrected chi connectivity index (χ4v) is 1.97. The second kappa shape index (κ2) is 6.35. The van der Waals surface area contributed by atoms with E-state index in [2.05, 4.69) is 5.32 Å². The Balaban J connectivity index is 2.14. The van der Waals surface area contributed by atoms with Crippen LogP contribution in [0.4, 0.5) is 8.78 Å². The third-order valence-corrected chi connectivity index (χ3v) is 3.11. The smallest absolute Gasteiger partial charge is 0.251 e. The highest BCUT2D eigenvalue weighted by Crippen LogP contribution is 2.19. The van der Waals surface area contributed by atoms with Gasteiger partial charge in [-0.2, -0.15) is 0 Å². The minimum atomic E-state index is -0.687. The van der Waals surface area contributed by atoms with Gasteiger partial charge in [0.15, 0.2) is 0 Å². The SMILES string of the molecule is COc1cccc(C(=O)NC(C)c2ccc(F)cc2F)c1. The Morgan fingerprint density at radius 3 is 2.62 bits per heavy atom. The van der Waals surface area contributed by atoms with Crippen LogP contribution in [0, 0.1) is 11.6 Å². The standard InChI is InChI=1S/C16H15F2NO2/c1-10(14-7-6-12(17)9-15(14)18)19-16(20)11-4-3-5-13(8-11)21-2/h3-10H,1-2H3,(H,19,20). The van der Waals surface area contributed by atoms with E-state index in [0.717, 1.165) is 12.1 Å². The molecule has 0 spiro atoms. The Morgan fingerprint density at radius 1 is 1.19 bits per heavy atom. The van der Waals surface area contributed by atoms with E-state index in [9.17, 15) is 13.6 Å². The topological polar surface area (TPSA) is 38.3 Å². The molecule has 0 fully saturated rings. The summed E-state index contributed by atoms with van der Waals surface area (Å²) in [6.07, 6.45) is 0. The summed E-state index contributed by atoms with van der Waals surface area (Å²) in [7, 11) is 1.51. The normalized spacial score (nSPS) is 11.8. The fraction of sp³-hybridized carbons (Fsp3) is 0.188. The molecule has 0 bridgehead atoms. The zero-order valence-corrected chi connectivity index (χ0v) is 11.7. The lowest BCUT2D eigenvalue weighted by Crippen LogP contribution is -2.27. The lowest BCUT2D eigenvalue weighted by atomic mass is 10.1. The van der Waals surface area contributed by atoms with Crippen molar-refractivity contribution in [2.75, 3.05) is 7.11 Å². The maximum Gasteiger partial charge on any atom is 0.251 e. The van der Waals surface area contributed by atoms with E-state index in [1.165, 1.54) is 13.2 Å². The van der Waals surface area contributed by atoms with Crippen LogP contribution in [0.1, 0.15) is 28.9 Å². The van der Waals surface area contributed by atoms with Crippen molar-refractivity contribution in [1.82, 2.24) is 5.32 Å². The Morgan fingerprint density at radius 2 is 1.95 bits per heavy atom. The van der Waals surface area contributed by atoms with E-state index in [0.29, 0.717) is 11.3 Å². The number of amides is 1. The number of rotatable bonds is 4. The summed E-state index contributed by atoms with van der Waals surface area (Å²) in [6, 6.07) is 9.33. The molecule has 21 heavy (non-hydrogen) atoms. The van der Waals surface area contributed by atoms with Crippen LogP contribution in [0.15, 0.2) is 42.5 Å². The first kappa shape index (κ1) is 15.0. The zero-order chi connectivity index (χ0) is 15.4. The second-order valence-electron chi connectivity index (χ2n) is 4.59. The molecule has 0 aromatic heterocycles. The highest BCUT2D eigenvalue weighted by molar-refractivity contribution is 5.94. The molecule has 0 radical (unpaired) electrons. The quantitative estimate of drug-likeness (QED) is 0.936. The molecule has 2 rings (SSSR count). The predicted molar refractivity (Wildman–Crippen MR) is 75.2 cm³/mol. The Hall–Kier alpha value is -2.43. The number of ether oxygens (including phenoxy) is 1. The molecular weight excluding hydrogens is 276 g/mol. The first-order chi connectivity index (χ1) is 10.0. The van der Waals surface area contributed by atoms with Gasteiger partial charge in [-0.15, -0.1) is 0 Å². The van der Waals surface area contributed by atoms with Gasteiger partial charge < -0.3 is 10.1 Å². The number of methoxy groups -OCH3 is 1. The van der Waals surface area contributed by atoms with E-state index < -0.39 is 17.7 Å². The maximum atomic E-state index is 13.7. The van der Waals surface area contributed by atoms with E-state index in [-0.39, 0.29) is 11.5 Å². The highest BCUT2D eigenvalue weighted by atomic mass is 19.1. The molecule has 0 saturated heterocycles. The van der Waals surface area contributed by atoms with Crippen molar-refractivity contribution < 1.29 is 18.3 Å². The molecular formula is C16H15F2NO2. The molecule has 2 aromatic carbocycles.